The van der Waals surface area contributed by atoms with Gasteiger partial charge < -0.3 is 10.1 Å². The third-order valence-corrected chi connectivity index (χ3v) is 4.82. The van der Waals surface area contributed by atoms with E-state index in [2.05, 4.69) is 36.2 Å². The minimum atomic E-state index is 0.428. The quantitative estimate of drug-likeness (QED) is 0.467. The Balaban J connectivity index is 1.58. The molecule has 6 heteroatoms. The molecular weight excluding hydrogens is 404 g/mol. The number of nitrogens with one attached hydrogen (secondary N) is 1. The third kappa shape index (κ3) is 3.90. The van der Waals surface area contributed by atoms with Crippen LogP contribution in [0.1, 0.15) is 11.3 Å². The van der Waals surface area contributed by atoms with E-state index >= 15 is 0 Å². The predicted octanol–water partition coefficient (Wildman–Crippen LogP) is 5.42. The number of nitrogens with zero attached hydrogens (tertiary/aromatic N) is 3. The summed E-state index contributed by atoms with van der Waals surface area (Å²) in [7, 11) is 0. The molecule has 5 nitrogen and oxygen atoms in total. The van der Waals surface area contributed by atoms with Crippen LogP contribution in [0.4, 0.5) is 11.5 Å². The molecule has 0 radical (unpaired) electrons. The van der Waals surface area contributed by atoms with Gasteiger partial charge in [-0.3, -0.25) is 4.98 Å². The van der Waals surface area contributed by atoms with Crippen LogP contribution in [-0.2, 0) is 6.61 Å². The molecule has 27 heavy (non-hydrogen) atoms. The van der Waals surface area contributed by atoms with Crippen molar-refractivity contribution in [1.29, 1.82) is 0 Å². The zero-order valence-corrected chi connectivity index (χ0v) is 16.3. The lowest BCUT2D eigenvalue weighted by molar-refractivity contribution is 0.299. The van der Waals surface area contributed by atoms with Crippen molar-refractivity contribution in [2.45, 2.75) is 13.5 Å². The number of anilines is 2. The highest BCUT2D eigenvalue weighted by Crippen LogP contribution is 2.34. The van der Waals surface area contributed by atoms with E-state index < -0.39 is 0 Å². The molecule has 0 bridgehead atoms. The number of hydrogen-bond donors (Lipinski definition) is 1. The number of fused-ring (bicyclic) bond motifs is 1. The first-order valence-electron chi connectivity index (χ1n) is 8.50. The molecule has 0 spiro atoms. The van der Waals surface area contributed by atoms with Gasteiger partial charge in [0, 0.05) is 16.1 Å². The van der Waals surface area contributed by atoms with E-state index in [1.54, 1.807) is 12.5 Å². The molecule has 0 unspecified atom stereocenters. The second kappa shape index (κ2) is 7.72. The maximum atomic E-state index is 5.93. The highest BCUT2D eigenvalue weighted by molar-refractivity contribution is 9.10. The smallest absolute Gasteiger partial charge is 0.141 e. The predicted molar refractivity (Wildman–Crippen MR) is 110 cm³/mol. The molecule has 0 saturated carbocycles. The van der Waals surface area contributed by atoms with Crippen LogP contribution in [0.15, 0.2) is 71.6 Å². The molecular formula is C21H17BrN4O. The summed E-state index contributed by atoms with van der Waals surface area (Å²) < 4.78 is 6.83. The van der Waals surface area contributed by atoms with Crippen molar-refractivity contribution >= 4 is 38.3 Å². The Morgan fingerprint density at radius 1 is 1.00 bits per heavy atom. The van der Waals surface area contributed by atoms with E-state index in [0.717, 1.165) is 43.9 Å². The molecule has 0 atom stereocenters. The second-order valence-corrected chi connectivity index (χ2v) is 6.93. The highest BCUT2D eigenvalue weighted by atomic mass is 79.9. The van der Waals surface area contributed by atoms with Crippen molar-refractivity contribution in [3.8, 4) is 5.75 Å². The SMILES string of the molecule is Cc1cc(Nc2ncnc3ccccc23)c(Br)cc1OCc1ccccn1. The number of benzene rings is 2. The third-order valence-electron chi connectivity index (χ3n) is 4.16. The summed E-state index contributed by atoms with van der Waals surface area (Å²) >= 11 is 3.63. The Morgan fingerprint density at radius 3 is 2.70 bits per heavy atom. The van der Waals surface area contributed by atoms with Gasteiger partial charge in [-0.15, -0.1) is 0 Å². The van der Waals surface area contributed by atoms with Crippen molar-refractivity contribution < 1.29 is 4.74 Å². The minimum Gasteiger partial charge on any atom is -0.487 e. The molecule has 134 valence electrons. The van der Waals surface area contributed by atoms with Crippen molar-refractivity contribution in [3.05, 3.63) is 82.9 Å². The first-order valence-corrected chi connectivity index (χ1v) is 9.29. The van der Waals surface area contributed by atoms with Gasteiger partial charge in [0.2, 0.25) is 0 Å². The maximum Gasteiger partial charge on any atom is 0.141 e. The fraction of sp³-hybridized carbons (Fsp3) is 0.0952. The topological polar surface area (TPSA) is 59.9 Å². The standard InChI is InChI=1S/C21H17BrN4O/c1-14-10-19(26-21-16-7-2-3-8-18(16)24-13-25-21)17(22)11-20(14)27-12-15-6-4-5-9-23-15/h2-11,13H,12H2,1H3,(H,24,25,26). The number of aryl methyl sites for hydroxylation is 1. The summed E-state index contributed by atoms with van der Waals surface area (Å²) in [5, 5.41) is 4.36. The fourth-order valence-corrected chi connectivity index (χ4v) is 3.20. The summed E-state index contributed by atoms with van der Waals surface area (Å²) in [5.41, 5.74) is 3.73. The van der Waals surface area contributed by atoms with Gasteiger partial charge in [-0.1, -0.05) is 18.2 Å². The molecule has 2 aromatic heterocycles. The van der Waals surface area contributed by atoms with Gasteiger partial charge in [0.25, 0.3) is 0 Å². The lowest BCUT2D eigenvalue weighted by atomic mass is 10.2. The van der Waals surface area contributed by atoms with E-state index in [4.69, 9.17) is 4.74 Å². The lowest BCUT2D eigenvalue weighted by Gasteiger charge is -2.14. The van der Waals surface area contributed by atoms with Gasteiger partial charge >= 0.3 is 0 Å². The van der Waals surface area contributed by atoms with E-state index in [1.165, 1.54) is 0 Å². The van der Waals surface area contributed by atoms with Gasteiger partial charge in [0.15, 0.2) is 0 Å². The average Bonchev–Trinajstić information content (AvgIpc) is 2.70. The zero-order valence-electron chi connectivity index (χ0n) is 14.7. The summed E-state index contributed by atoms with van der Waals surface area (Å²) in [4.78, 5) is 13.0. The molecule has 0 fully saturated rings. The Hall–Kier alpha value is -2.99. The Bertz CT molecular complexity index is 1080. The summed E-state index contributed by atoms with van der Waals surface area (Å²) in [6.45, 7) is 2.45. The van der Waals surface area contributed by atoms with Gasteiger partial charge in [-0.2, -0.15) is 0 Å². The maximum absolute atomic E-state index is 5.93. The number of pyridine rings is 1. The number of hydrogen-bond acceptors (Lipinski definition) is 5. The highest BCUT2D eigenvalue weighted by Gasteiger charge is 2.10. The molecule has 2 heterocycles. The molecule has 4 rings (SSSR count). The van der Waals surface area contributed by atoms with E-state index in [0.29, 0.717) is 6.61 Å². The van der Waals surface area contributed by atoms with Crippen molar-refractivity contribution in [2.75, 3.05) is 5.32 Å². The monoisotopic (exact) mass is 420 g/mol. The van der Waals surface area contributed by atoms with Crippen molar-refractivity contribution in [3.63, 3.8) is 0 Å². The number of aromatic nitrogens is 3. The molecule has 0 aliphatic carbocycles. The average molecular weight is 421 g/mol. The first-order chi connectivity index (χ1) is 13.2. The van der Waals surface area contributed by atoms with Crippen LogP contribution >= 0.6 is 15.9 Å². The normalized spacial score (nSPS) is 10.7. The summed E-state index contributed by atoms with van der Waals surface area (Å²) in [6.07, 6.45) is 3.33. The Kier molecular flexibility index (Phi) is 4.98. The van der Waals surface area contributed by atoms with Crippen LogP contribution in [0.2, 0.25) is 0 Å². The van der Waals surface area contributed by atoms with Crippen LogP contribution in [0.25, 0.3) is 10.9 Å². The lowest BCUT2D eigenvalue weighted by Crippen LogP contribution is -2.01. The molecule has 2 aromatic carbocycles. The van der Waals surface area contributed by atoms with E-state index in [9.17, 15) is 0 Å². The number of para-hydroxylation sites is 1. The van der Waals surface area contributed by atoms with Crippen molar-refractivity contribution in [2.24, 2.45) is 0 Å². The van der Waals surface area contributed by atoms with Gasteiger partial charge in [-0.25, -0.2) is 9.97 Å². The van der Waals surface area contributed by atoms with E-state index in [-0.39, 0.29) is 0 Å². The van der Waals surface area contributed by atoms with Crippen LogP contribution in [0.5, 0.6) is 5.75 Å². The summed E-state index contributed by atoms with van der Waals surface area (Å²) in [6, 6.07) is 17.7. The largest absolute Gasteiger partial charge is 0.487 e. The minimum absolute atomic E-state index is 0.428. The van der Waals surface area contributed by atoms with Crippen LogP contribution < -0.4 is 10.1 Å². The number of rotatable bonds is 5. The van der Waals surface area contributed by atoms with Gasteiger partial charge in [0.1, 0.15) is 24.5 Å². The number of halogens is 1. The van der Waals surface area contributed by atoms with E-state index in [1.807, 2.05) is 61.5 Å². The number of ether oxygens (including phenoxy) is 1. The second-order valence-electron chi connectivity index (χ2n) is 6.07. The molecule has 0 aliphatic rings. The van der Waals surface area contributed by atoms with Crippen LogP contribution in [0.3, 0.4) is 0 Å². The van der Waals surface area contributed by atoms with Gasteiger partial charge in [-0.05, 0) is 64.8 Å². The molecule has 1 N–H and O–H groups in total. The van der Waals surface area contributed by atoms with Crippen molar-refractivity contribution in [1.82, 2.24) is 15.0 Å². The fourth-order valence-electron chi connectivity index (χ4n) is 2.78. The Morgan fingerprint density at radius 2 is 1.85 bits per heavy atom. The Labute approximate surface area is 165 Å². The first kappa shape index (κ1) is 17.4. The molecule has 0 aliphatic heterocycles. The van der Waals surface area contributed by atoms with Crippen LogP contribution in [-0.4, -0.2) is 15.0 Å². The molecule has 0 amide bonds. The summed E-state index contributed by atoms with van der Waals surface area (Å²) in [5.74, 6) is 1.58. The molecule has 4 aromatic rings. The molecule has 0 saturated heterocycles. The van der Waals surface area contributed by atoms with Crippen LogP contribution in [0, 0.1) is 6.92 Å². The van der Waals surface area contributed by atoms with Gasteiger partial charge in [0.05, 0.1) is 16.9 Å². The zero-order chi connectivity index (χ0) is 18.6.